The number of nitrogens with zero attached hydrogens (tertiary/aromatic N) is 3. The standard InChI is InChI=1S/C21H32N4OS/c22-20(21(26)25-14-15-27-16-25)17-6-8-19(9-7-17)24-12-10-23(11-13-24)18-4-2-1-3-5-18/h1-5,17,19-20H,6-16,22H2. The first-order valence-corrected chi connectivity index (χ1v) is 11.5. The van der Waals surface area contributed by atoms with Crippen LogP contribution in [0.4, 0.5) is 5.69 Å². The number of para-hydroxylation sites is 1. The molecule has 2 N–H and O–H groups in total. The zero-order chi connectivity index (χ0) is 18.6. The van der Waals surface area contributed by atoms with E-state index in [1.165, 1.54) is 18.5 Å². The van der Waals surface area contributed by atoms with Crippen LogP contribution in [0.2, 0.25) is 0 Å². The van der Waals surface area contributed by atoms with Crippen molar-refractivity contribution in [1.29, 1.82) is 0 Å². The van der Waals surface area contributed by atoms with Gasteiger partial charge in [-0.05, 0) is 43.7 Å². The van der Waals surface area contributed by atoms with Crippen molar-refractivity contribution in [2.75, 3.05) is 49.3 Å². The predicted molar refractivity (Wildman–Crippen MR) is 113 cm³/mol. The highest BCUT2D eigenvalue weighted by Crippen LogP contribution is 2.31. The van der Waals surface area contributed by atoms with Crippen molar-refractivity contribution in [2.24, 2.45) is 11.7 Å². The van der Waals surface area contributed by atoms with Crippen LogP contribution in [0.15, 0.2) is 30.3 Å². The molecule has 1 unspecified atom stereocenters. The number of amides is 1. The second kappa shape index (κ2) is 8.84. The van der Waals surface area contributed by atoms with Crippen LogP contribution in [0, 0.1) is 5.92 Å². The van der Waals surface area contributed by atoms with Crippen LogP contribution in [0.3, 0.4) is 0 Å². The van der Waals surface area contributed by atoms with Crippen LogP contribution < -0.4 is 10.6 Å². The molecular formula is C21H32N4OS. The predicted octanol–water partition coefficient (Wildman–Crippen LogP) is 2.23. The van der Waals surface area contributed by atoms with Crippen molar-refractivity contribution in [3.63, 3.8) is 0 Å². The van der Waals surface area contributed by atoms with Crippen molar-refractivity contribution in [2.45, 2.75) is 37.8 Å². The van der Waals surface area contributed by atoms with Gasteiger partial charge in [0.25, 0.3) is 0 Å². The fraction of sp³-hybridized carbons (Fsp3) is 0.667. The maximum atomic E-state index is 12.6. The second-order valence-corrected chi connectivity index (χ2v) is 9.17. The third-order valence-electron chi connectivity index (χ3n) is 6.55. The number of piperazine rings is 1. The molecule has 2 aliphatic heterocycles. The molecule has 4 rings (SSSR count). The number of thioether (sulfide) groups is 1. The Morgan fingerprint density at radius 1 is 1.00 bits per heavy atom. The number of anilines is 1. The van der Waals surface area contributed by atoms with Crippen LogP contribution >= 0.6 is 11.8 Å². The molecule has 0 radical (unpaired) electrons. The van der Waals surface area contributed by atoms with Gasteiger partial charge in [-0.3, -0.25) is 9.69 Å². The van der Waals surface area contributed by atoms with Crippen LogP contribution in [0.25, 0.3) is 0 Å². The Morgan fingerprint density at radius 2 is 1.70 bits per heavy atom. The molecule has 148 valence electrons. The molecule has 1 aromatic carbocycles. The lowest BCUT2D eigenvalue weighted by Crippen LogP contribution is -2.53. The monoisotopic (exact) mass is 388 g/mol. The molecule has 3 aliphatic rings. The number of nitrogens with two attached hydrogens (primary N) is 1. The summed E-state index contributed by atoms with van der Waals surface area (Å²) in [5, 5.41) is 0. The average molecular weight is 389 g/mol. The largest absolute Gasteiger partial charge is 0.369 e. The van der Waals surface area contributed by atoms with E-state index in [-0.39, 0.29) is 11.9 Å². The molecule has 1 aliphatic carbocycles. The SMILES string of the molecule is NC(C(=O)N1CCSC1)C1CCC(N2CCN(c3ccccc3)CC2)CC1. The first kappa shape index (κ1) is 19.1. The Kier molecular flexibility index (Phi) is 6.25. The summed E-state index contributed by atoms with van der Waals surface area (Å²) in [5.74, 6) is 2.43. The molecule has 0 bridgehead atoms. The summed E-state index contributed by atoms with van der Waals surface area (Å²) in [6.07, 6.45) is 4.56. The van der Waals surface area contributed by atoms with Crippen LogP contribution in [0.1, 0.15) is 25.7 Å². The van der Waals surface area contributed by atoms with Crippen molar-refractivity contribution in [1.82, 2.24) is 9.80 Å². The average Bonchev–Trinajstić information content (AvgIpc) is 3.28. The van der Waals surface area contributed by atoms with Gasteiger partial charge in [-0.25, -0.2) is 0 Å². The molecule has 2 heterocycles. The number of benzene rings is 1. The van der Waals surface area contributed by atoms with Gasteiger partial charge < -0.3 is 15.5 Å². The molecule has 1 amide bonds. The smallest absolute Gasteiger partial charge is 0.240 e. The van der Waals surface area contributed by atoms with E-state index < -0.39 is 0 Å². The van der Waals surface area contributed by atoms with E-state index in [9.17, 15) is 4.79 Å². The Balaban J connectivity index is 1.23. The molecule has 0 aromatic heterocycles. The van der Waals surface area contributed by atoms with E-state index >= 15 is 0 Å². The van der Waals surface area contributed by atoms with Gasteiger partial charge in [0, 0.05) is 50.2 Å². The summed E-state index contributed by atoms with van der Waals surface area (Å²) >= 11 is 1.83. The van der Waals surface area contributed by atoms with Crippen molar-refractivity contribution in [3.8, 4) is 0 Å². The van der Waals surface area contributed by atoms with E-state index in [0.29, 0.717) is 12.0 Å². The normalized spacial score (nSPS) is 28.3. The number of hydrogen-bond acceptors (Lipinski definition) is 5. The fourth-order valence-corrected chi connectivity index (χ4v) is 5.77. The number of rotatable bonds is 4. The summed E-state index contributed by atoms with van der Waals surface area (Å²) in [4.78, 5) is 19.7. The van der Waals surface area contributed by atoms with E-state index in [2.05, 4.69) is 40.1 Å². The Morgan fingerprint density at radius 3 is 2.33 bits per heavy atom. The third-order valence-corrected chi connectivity index (χ3v) is 7.52. The summed E-state index contributed by atoms with van der Waals surface area (Å²) in [7, 11) is 0. The van der Waals surface area contributed by atoms with Gasteiger partial charge in [0.05, 0.1) is 11.9 Å². The quantitative estimate of drug-likeness (QED) is 0.857. The summed E-state index contributed by atoms with van der Waals surface area (Å²) < 4.78 is 0. The van der Waals surface area contributed by atoms with Crippen LogP contribution in [-0.4, -0.2) is 72.1 Å². The Labute approximate surface area is 167 Å². The van der Waals surface area contributed by atoms with Gasteiger partial charge in [-0.2, -0.15) is 0 Å². The van der Waals surface area contributed by atoms with Gasteiger partial charge >= 0.3 is 0 Å². The fourth-order valence-electron chi connectivity index (χ4n) is 4.81. The van der Waals surface area contributed by atoms with E-state index in [1.807, 2.05) is 16.7 Å². The van der Waals surface area contributed by atoms with Crippen LogP contribution in [-0.2, 0) is 4.79 Å². The molecular weight excluding hydrogens is 356 g/mol. The lowest BCUT2D eigenvalue weighted by Gasteiger charge is -2.43. The summed E-state index contributed by atoms with van der Waals surface area (Å²) in [5.41, 5.74) is 7.70. The lowest BCUT2D eigenvalue weighted by molar-refractivity contribution is -0.132. The first-order chi connectivity index (χ1) is 13.2. The number of carbonyl (C=O) groups excluding carboxylic acids is 1. The lowest BCUT2D eigenvalue weighted by atomic mass is 9.80. The van der Waals surface area contributed by atoms with Gasteiger partial charge in [-0.1, -0.05) is 18.2 Å². The van der Waals surface area contributed by atoms with Crippen molar-refractivity contribution < 1.29 is 4.79 Å². The molecule has 1 saturated carbocycles. The van der Waals surface area contributed by atoms with Gasteiger partial charge in [-0.15, -0.1) is 11.8 Å². The third kappa shape index (κ3) is 4.44. The van der Waals surface area contributed by atoms with E-state index in [0.717, 1.165) is 57.2 Å². The van der Waals surface area contributed by atoms with Gasteiger partial charge in [0.2, 0.25) is 5.91 Å². The highest BCUT2D eigenvalue weighted by atomic mass is 32.2. The maximum Gasteiger partial charge on any atom is 0.240 e. The van der Waals surface area contributed by atoms with Gasteiger partial charge in [0.15, 0.2) is 0 Å². The maximum absolute atomic E-state index is 12.6. The highest BCUT2D eigenvalue weighted by Gasteiger charge is 2.35. The molecule has 1 aromatic rings. The number of hydrogen-bond donors (Lipinski definition) is 1. The minimum Gasteiger partial charge on any atom is -0.369 e. The van der Waals surface area contributed by atoms with Crippen molar-refractivity contribution in [3.05, 3.63) is 30.3 Å². The molecule has 1 atom stereocenters. The zero-order valence-corrected chi connectivity index (χ0v) is 16.9. The first-order valence-electron chi connectivity index (χ1n) is 10.4. The molecule has 2 saturated heterocycles. The summed E-state index contributed by atoms with van der Waals surface area (Å²) in [6, 6.07) is 11.1. The molecule has 0 spiro atoms. The Hall–Kier alpha value is -1.24. The molecule has 3 fully saturated rings. The molecule has 5 nitrogen and oxygen atoms in total. The Bertz CT molecular complexity index is 606. The summed E-state index contributed by atoms with van der Waals surface area (Å²) in [6.45, 7) is 5.36. The molecule has 6 heteroatoms. The van der Waals surface area contributed by atoms with Gasteiger partial charge in [0.1, 0.15) is 0 Å². The van der Waals surface area contributed by atoms with E-state index in [4.69, 9.17) is 5.73 Å². The topological polar surface area (TPSA) is 52.8 Å². The van der Waals surface area contributed by atoms with Crippen LogP contribution in [0.5, 0.6) is 0 Å². The van der Waals surface area contributed by atoms with E-state index in [1.54, 1.807) is 0 Å². The minimum atomic E-state index is -0.292. The highest BCUT2D eigenvalue weighted by molar-refractivity contribution is 7.99. The number of carbonyl (C=O) groups is 1. The zero-order valence-electron chi connectivity index (χ0n) is 16.1. The van der Waals surface area contributed by atoms with Crippen molar-refractivity contribution >= 4 is 23.4 Å². The minimum absolute atomic E-state index is 0.180. The molecule has 27 heavy (non-hydrogen) atoms. The second-order valence-electron chi connectivity index (χ2n) is 8.09.